The van der Waals surface area contributed by atoms with Crippen molar-refractivity contribution < 1.29 is 28.2 Å². The third kappa shape index (κ3) is 4.17. The number of nitrogens with one attached hydrogen (secondary N) is 1. The number of carbonyl (C=O) groups is 2. The second kappa shape index (κ2) is 9.66. The lowest BCUT2D eigenvalue weighted by Gasteiger charge is -2.16. The molecule has 1 heterocycles. The van der Waals surface area contributed by atoms with Crippen LogP contribution in [0.15, 0.2) is 72.4 Å². The molecule has 34 heavy (non-hydrogen) atoms. The summed E-state index contributed by atoms with van der Waals surface area (Å²) in [5.74, 6) is -0.236. The summed E-state index contributed by atoms with van der Waals surface area (Å²) in [6.45, 7) is -0.208. The van der Waals surface area contributed by atoms with Crippen molar-refractivity contribution in [3.63, 3.8) is 0 Å². The highest BCUT2D eigenvalue weighted by molar-refractivity contribution is 6.36. The van der Waals surface area contributed by atoms with E-state index in [1.165, 1.54) is 27.4 Å². The molecule has 0 unspecified atom stereocenters. The monoisotopic (exact) mass is 462 g/mol. The highest BCUT2D eigenvalue weighted by Gasteiger charge is 2.40. The number of anilines is 1. The van der Waals surface area contributed by atoms with Gasteiger partial charge in [0, 0.05) is 22.9 Å². The van der Waals surface area contributed by atoms with Crippen molar-refractivity contribution in [2.45, 2.75) is 6.54 Å². The number of carbonyl (C=O) groups excluding carboxylic acids is 2. The molecule has 0 saturated carbocycles. The fraction of sp³-hybridized carbons (Fsp3) is 0.154. The Balaban J connectivity index is 1.79. The predicted octanol–water partition coefficient (Wildman–Crippen LogP) is 4.24. The number of amides is 2. The zero-order chi connectivity index (χ0) is 24.2. The molecule has 174 valence electrons. The lowest BCUT2D eigenvalue weighted by molar-refractivity contribution is -0.137. The van der Waals surface area contributed by atoms with Gasteiger partial charge in [0.05, 0.1) is 33.4 Å². The first kappa shape index (κ1) is 22.8. The first-order chi connectivity index (χ1) is 16.5. The Hall–Kier alpha value is -4.33. The van der Waals surface area contributed by atoms with E-state index in [0.29, 0.717) is 28.5 Å². The van der Waals surface area contributed by atoms with Crippen LogP contribution >= 0.6 is 0 Å². The zero-order valence-corrected chi connectivity index (χ0v) is 18.9. The zero-order valence-electron chi connectivity index (χ0n) is 18.9. The molecule has 1 N–H and O–H groups in total. The molecule has 7 nitrogen and oxygen atoms in total. The SMILES string of the molecule is COc1ccc(NC2=C(c3ccccc3OC)C(=O)N(Cc3ccccc3F)C2=O)cc1OC. The summed E-state index contributed by atoms with van der Waals surface area (Å²) in [7, 11) is 4.51. The number of hydrogen-bond acceptors (Lipinski definition) is 6. The summed E-state index contributed by atoms with van der Waals surface area (Å²) in [5.41, 5.74) is 1.37. The van der Waals surface area contributed by atoms with Gasteiger partial charge in [0.1, 0.15) is 17.3 Å². The molecule has 0 atom stereocenters. The van der Waals surface area contributed by atoms with Gasteiger partial charge in [0.2, 0.25) is 0 Å². The van der Waals surface area contributed by atoms with Crippen LogP contribution in [0.2, 0.25) is 0 Å². The Labute approximate surface area is 196 Å². The number of halogens is 1. The van der Waals surface area contributed by atoms with Crippen LogP contribution < -0.4 is 19.5 Å². The van der Waals surface area contributed by atoms with Gasteiger partial charge in [-0.25, -0.2) is 4.39 Å². The highest BCUT2D eigenvalue weighted by atomic mass is 19.1. The summed E-state index contributed by atoms with van der Waals surface area (Å²) >= 11 is 0. The Morgan fingerprint density at radius 3 is 2.18 bits per heavy atom. The lowest BCUT2D eigenvalue weighted by Crippen LogP contribution is -2.32. The summed E-state index contributed by atoms with van der Waals surface area (Å²) < 4.78 is 30.4. The van der Waals surface area contributed by atoms with Gasteiger partial charge >= 0.3 is 0 Å². The van der Waals surface area contributed by atoms with Crippen LogP contribution in [-0.4, -0.2) is 38.0 Å². The summed E-state index contributed by atoms with van der Waals surface area (Å²) in [4.78, 5) is 28.0. The average Bonchev–Trinajstić information content (AvgIpc) is 3.09. The first-order valence-electron chi connectivity index (χ1n) is 10.4. The molecule has 0 bridgehead atoms. The van der Waals surface area contributed by atoms with Gasteiger partial charge in [-0.15, -0.1) is 0 Å². The summed E-state index contributed by atoms with van der Waals surface area (Å²) in [6, 6.07) is 18.0. The number of nitrogens with zero attached hydrogens (tertiary/aromatic N) is 1. The van der Waals surface area contributed by atoms with E-state index in [-0.39, 0.29) is 23.4 Å². The molecule has 2 amide bonds. The van der Waals surface area contributed by atoms with Crippen molar-refractivity contribution in [3.05, 3.63) is 89.4 Å². The fourth-order valence-electron chi connectivity index (χ4n) is 3.79. The minimum atomic E-state index is -0.580. The van der Waals surface area contributed by atoms with E-state index in [9.17, 15) is 14.0 Å². The van der Waals surface area contributed by atoms with Gasteiger partial charge in [-0.2, -0.15) is 0 Å². The molecular formula is C26H23FN2O5. The number of para-hydroxylation sites is 1. The van der Waals surface area contributed by atoms with E-state index in [2.05, 4.69) is 5.32 Å². The molecule has 0 fully saturated rings. The predicted molar refractivity (Wildman–Crippen MR) is 125 cm³/mol. The quantitative estimate of drug-likeness (QED) is 0.505. The maximum Gasteiger partial charge on any atom is 0.278 e. The molecule has 3 aromatic rings. The number of rotatable bonds is 8. The maximum atomic E-state index is 14.3. The minimum Gasteiger partial charge on any atom is -0.496 e. The molecule has 8 heteroatoms. The van der Waals surface area contributed by atoms with Crippen LogP contribution in [0, 0.1) is 5.82 Å². The van der Waals surface area contributed by atoms with Gasteiger partial charge in [-0.1, -0.05) is 36.4 Å². The smallest absolute Gasteiger partial charge is 0.278 e. The second-order valence-electron chi connectivity index (χ2n) is 7.43. The van der Waals surface area contributed by atoms with Crippen LogP contribution in [0.1, 0.15) is 11.1 Å². The van der Waals surface area contributed by atoms with Crippen molar-refractivity contribution in [1.29, 1.82) is 0 Å². The Bertz CT molecular complexity index is 1290. The molecule has 0 saturated heterocycles. The van der Waals surface area contributed by atoms with Gasteiger partial charge in [-0.05, 0) is 24.3 Å². The van der Waals surface area contributed by atoms with Gasteiger partial charge in [0.25, 0.3) is 11.8 Å². The van der Waals surface area contributed by atoms with Crippen LogP contribution in [-0.2, 0) is 16.1 Å². The third-order valence-corrected chi connectivity index (χ3v) is 5.48. The molecule has 0 spiro atoms. The summed E-state index contributed by atoms with van der Waals surface area (Å²) in [6.07, 6.45) is 0. The molecular weight excluding hydrogens is 439 g/mol. The van der Waals surface area contributed by atoms with Crippen molar-refractivity contribution in [3.8, 4) is 17.2 Å². The van der Waals surface area contributed by atoms with Crippen molar-refractivity contribution in [2.24, 2.45) is 0 Å². The van der Waals surface area contributed by atoms with Crippen molar-refractivity contribution in [1.82, 2.24) is 4.90 Å². The number of ether oxygens (including phenoxy) is 3. The standard InChI is InChI=1S/C26H23FN2O5/c1-32-20-11-7-5-9-18(20)23-24(28-17-12-13-21(33-2)22(14-17)34-3)26(31)29(25(23)30)15-16-8-4-6-10-19(16)27/h4-14,28H,15H2,1-3H3. The Kier molecular flexibility index (Phi) is 6.49. The Morgan fingerprint density at radius 2 is 1.47 bits per heavy atom. The van der Waals surface area contributed by atoms with Crippen LogP contribution in [0.5, 0.6) is 17.2 Å². The van der Waals surface area contributed by atoms with Crippen LogP contribution in [0.3, 0.4) is 0 Å². The Morgan fingerprint density at radius 1 is 0.794 bits per heavy atom. The first-order valence-corrected chi connectivity index (χ1v) is 10.4. The molecule has 0 aromatic heterocycles. The van der Waals surface area contributed by atoms with Crippen molar-refractivity contribution >= 4 is 23.1 Å². The van der Waals surface area contributed by atoms with E-state index in [0.717, 1.165) is 4.90 Å². The largest absolute Gasteiger partial charge is 0.496 e. The number of methoxy groups -OCH3 is 3. The van der Waals surface area contributed by atoms with E-state index >= 15 is 0 Å². The van der Waals surface area contributed by atoms with Crippen LogP contribution in [0.25, 0.3) is 5.57 Å². The van der Waals surface area contributed by atoms with Gasteiger partial charge in [0.15, 0.2) is 11.5 Å². The number of imide groups is 1. The van der Waals surface area contributed by atoms with Crippen molar-refractivity contribution in [2.75, 3.05) is 26.6 Å². The van der Waals surface area contributed by atoms with Gasteiger partial charge in [-0.3, -0.25) is 14.5 Å². The fourth-order valence-corrected chi connectivity index (χ4v) is 3.79. The number of hydrogen-bond donors (Lipinski definition) is 1. The van der Waals surface area contributed by atoms with E-state index < -0.39 is 17.6 Å². The van der Waals surface area contributed by atoms with E-state index in [4.69, 9.17) is 14.2 Å². The maximum absolute atomic E-state index is 14.3. The normalized spacial score (nSPS) is 13.4. The molecule has 4 rings (SSSR count). The molecule has 3 aromatic carbocycles. The highest BCUT2D eigenvalue weighted by Crippen LogP contribution is 2.37. The van der Waals surface area contributed by atoms with Gasteiger partial charge < -0.3 is 19.5 Å². The second-order valence-corrected chi connectivity index (χ2v) is 7.43. The summed E-state index contributed by atoms with van der Waals surface area (Å²) in [5, 5.41) is 3.06. The minimum absolute atomic E-state index is 0.0538. The van der Waals surface area contributed by atoms with Crippen LogP contribution in [0.4, 0.5) is 10.1 Å². The third-order valence-electron chi connectivity index (χ3n) is 5.48. The molecule has 0 radical (unpaired) electrons. The lowest BCUT2D eigenvalue weighted by atomic mass is 10.0. The molecule has 1 aliphatic rings. The number of benzene rings is 3. The molecule has 0 aliphatic carbocycles. The van der Waals surface area contributed by atoms with E-state index in [1.807, 2.05) is 0 Å². The molecule has 1 aliphatic heterocycles. The van der Waals surface area contributed by atoms with E-state index in [1.54, 1.807) is 60.7 Å². The average molecular weight is 462 g/mol. The topological polar surface area (TPSA) is 77.1 Å².